The zero-order chi connectivity index (χ0) is 17.9. The maximum absolute atomic E-state index is 13.0. The summed E-state index contributed by atoms with van der Waals surface area (Å²) in [7, 11) is 0. The molecule has 2 rings (SSSR count). The number of anilines is 1. The number of hydrogen-bond acceptors (Lipinski definition) is 3. The summed E-state index contributed by atoms with van der Waals surface area (Å²) in [6.45, 7) is 4.59. The van der Waals surface area contributed by atoms with E-state index in [1.54, 1.807) is 13.8 Å². The zero-order valence-electron chi connectivity index (χ0n) is 13.7. The molecule has 1 atom stereocenters. The van der Waals surface area contributed by atoms with Crippen molar-refractivity contribution in [1.82, 2.24) is 5.16 Å². The van der Waals surface area contributed by atoms with Crippen LogP contribution in [-0.4, -0.2) is 24.0 Å². The number of amides is 1. The molecule has 0 saturated heterocycles. The Hall–Kier alpha value is -2.31. The quantitative estimate of drug-likeness (QED) is 0.791. The number of alkyl halides is 2. The number of benzene rings is 1. The van der Waals surface area contributed by atoms with Crippen molar-refractivity contribution >= 4 is 11.6 Å². The van der Waals surface area contributed by atoms with Crippen molar-refractivity contribution in [3.63, 3.8) is 0 Å². The summed E-state index contributed by atoms with van der Waals surface area (Å²) in [6, 6.07) is 4.91. The van der Waals surface area contributed by atoms with Crippen molar-refractivity contribution in [2.45, 2.75) is 39.5 Å². The molecule has 0 aliphatic rings. The summed E-state index contributed by atoms with van der Waals surface area (Å²) in [5, 5.41) is 3.84. The minimum atomic E-state index is -2.69. The Bertz CT molecular complexity index is 679. The van der Waals surface area contributed by atoms with E-state index in [1.165, 1.54) is 12.1 Å². The second-order valence-electron chi connectivity index (χ2n) is 5.71. The van der Waals surface area contributed by atoms with Gasteiger partial charge in [-0.1, -0.05) is 12.1 Å². The Morgan fingerprint density at radius 3 is 2.38 bits per heavy atom. The minimum absolute atomic E-state index is 0.0208. The first-order valence-electron chi connectivity index (χ1n) is 7.56. The van der Waals surface area contributed by atoms with Crippen LogP contribution in [0.1, 0.15) is 36.3 Å². The van der Waals surface area contributed by atoms with Crippen molar-refractivity contribution in [2.24, 2.45) is 0 Å². The predicted octanol–water partition coefficient (Wildman–Crippen LogP) is 4.22. The fourth-order valence-electron chi connectivity index (χ4n) is 2.78. The lowest BCUT2D eigenvalue weighted by Crippen LogP contribution is -2.35. The highest BCUT2D eigenvalue weighted by Gasteiger charge is 2.25. The van der Waals surface area contributed by atoms with Crippen molar-refractivity contribution in [2.75, 3.05) is 11.4 Å². The number of aromatic nitrogens is 1. The normalized spacial score (nSPS) is 12.5. The molecule has 0 N–H and O–H groups in total. The van der Waals surface area contributed by atoms with Crippen LogP contribution in [-0.2, 0) is 4.79 Å². The minimum Gasteiger partial charge on any atom is -0.361 e. The van der Waals surface area contributed by atoms with E-state index in [0.717, 1.165) is 22.6 Å². The maximum Gasteiger partial charge on any atom is 0.256 e. The number of rotatable bonds is 6. The average molecular weight is 340 g/mol. The third-order valence-electron chi connectivity index (χ3n) is 3.82. The van der Waals surface area contributed by atoms with Crippen LogP contribution < -0.4 is 4.90 Å². The predicted molar refractivity (Wildman–Crippen MR) is 83.8 cm³/mol. The van der Waals surface area contributed by atoms with Crippen molar-refractivity contribution in [1.29, 1.82) is 0 Å². The fraction of sp³-hybridized carbons (Fsp3) is 0.412. The van der Waals surface area contributed by atoms with Crippen LogP contribution in [0.25, 0.3) is 0 Å². The first kappa shape index (κ1) is 18.0. The van der Waals surface area contributed by atoms with Gasteiger partial charge in [-0.25, -0.2) is 13.2 Å². The molecule has 1 aromatic carbocycles. The number of carbonyl (C=O) groups is 1. The number of carbonyl (C=O) groups excluding carboxylic acids is 1. The van der Waals surface area contributed by atoms with Gasteiger partial charge in [0.25, 0.3) is 6.43 Å². The molecule has 1 heterocycles. The summed E-state index contributed by atoms with van der Waals surface area (Å²) in [5.74, 6) is -0.582. The molecule has 0 saturated carbocycles. The largest absolute Gasteiger partial charge is 0.361 e. The van der Waals surface area contributed by atoms with Crippen LogP contribution in [0.5, 0.6) is 0 Å². The van der Waals surface area contributed by atoms with Gasteiger partial charge in [-0.15, -0.1) is 0 Å². The monoisotopic (exact) mass is 340 g/mol. The Morgan fingerprint density at radius 1 is 1.25 bits per heavy atom. The molecule has 7 heteroatoms. The summed E-state index contributed by atoms with van der Waals surface area (Å²) in [4.78, 5) is 13.5. The van der Waals surface area contributed by atoms with Crippen molar-refractivity contribution in [3.8, 4) is 0 Å². The van der Waals surface area contributed by atoms with Gasteiger partial charge >= 0.3 is 0 Å². The van der Waals surface area contributed by atoms with E-state index in [-0.39, 0.29) is 18.0 Å². The number of halogens is 3. The van der Waals surface area contributed by atoms with E-state index < -0.39 is 24.7 Å². The molecule has 1 aromatic heterocycles. The Balaban J connectivity index is 2.20. The summed E-state index contributed by atoms with van der Waals surface area (Å²) in [5.41, 5.74) is 1.72. The van der Waals surface area contributed by atoms with E-state index >= 15 is 0 Å². The molecule has 0 spiro atoms. The smallest absolute Gasteiger partial charge is 0.256 e. The lowest BCUT2D eigenvalue weighted by atomic mass is 9.95. The van der Waals surface area contributed by atoms with Crippen LogP contribution in [0.4, 0.5) is 18.9 Å². The van der Waals surface area contributed by atoms with Gasteiger partial charge in [-0.2, -0.15) is 0 Å². The van der Waals surface area contributed by atoms with Crippen molar-refractivity contribution < 1.29 is 22.5 Å². The van der Waals surface area contributed by atoms with Gasteiger partial charge < -0.3 is 9.42 Å². The molecule has 4 nitrogen and oxygen atoms in total. The first-order chi connectivity index (χ1) is 11.3. The SMILES string of the molecule is Cc1noc(C)c1[C@H](C)CC(=O)N(CC(F)F)c1ccc(F)cc1. The number of aryl methyl sites for hydroxylation is 2. The molecule has 0 bridgehead atoms. The second kappa shape index (κ2) is 7.51. The van der Waals surface area contributed by atoms with Crippen LogP contribution in [0.2, 0.25) is 0 Å². The summed E-state index contributed by atoms with van der Waals surface area (Å²) >= 11 is 0. The third kappa shape index (κ3) is 4.15. The van der Waals surface area contributed by atoms with E-state index in [1.807, 2.05) is 6.92 Å². The Morgan fingerprint density at radius 2 is 1.88 bits per heavy atom. The number of hydrogen-bond donors (Lipinski definition) is 0. The van der Waals surface area contributed by atoms with Crippen LogP contribution in [0, 0.1) is 19.7 Å². The Labute approximate surface area is 138 Å². The second-order valence-corrected chi connectivity index (χ2v) is 5.71. The Kier molecular flexibility index (Phi) is 5.64. The van der Waals surface area contributed by atoms with Gasteiger partial charge in [0.1, 0.15) is 11.6 Å². The molecular weight excluding hydrogens is 321 g/mol. The zero-order valence-corrected chi connectivity index (χ0v) is 13.7. The summed E-state index contributed by atoms with van der Waals surface area (Å²) in [6.07, 6.45) is -2.67. The molecule has 1 amide bonds. The highest BCUT2D eigenvalue weighted by atomic mass is 19.3. The lowest BCUT2D eigenvalue weighted by molar-refractivity contribution is -0.119. The highest BCUT2D eigenvalue weighted by Crippen LogP contribution is 2.28. The molecular formula is C17H19F3N2O2. The topological polar surface area (TPSA) is 46.3 Å². The maximum atomic E-state index is 13.0. The standard InChI is InChI=1S/C17H19F3N2O2/c1-10(17-11(2)21-24-12(17)3)8-16(23)22(9-15(19)20)14-6-4-13(18)5-7-14/h4-7,10,15H,8-9H2,1-3H3/t10-/m1/s1. The molecule has 0 aliphatic carbocycles. The molecule has 24 heavy (non-hydrogen) atoms. The third-order valence-corrected chi connectivity index (χ3v) is 3.82. The molecule has 2 aromatic rings. The summed E-state index contributed by atoms with van der Waals surface area (Å²) < 4.78 is 43.8. The van der Waals surface area contributed by atoms with E-state index in [9.17, 15) is 18.0 Å². The van der Waals surface area contributed by atoms with Gasteiger partial charge in [0.05, 0.1) is 12.2 Å². The first-order valence-corrected chi connectivity index (χ1v) is 7.56. The average Bonchev–Trinajstić information content (AvgIpc) is 2.84. The van der Waals surface area contributed by atoms with Crippen LogP contribution in [0.3, 0.4) is 0 Å². The van der Waals surface area contributed by atoms with Gasteiger partial charge in [0.15, 0.2) is 0 Å². The number of nitrogens with zero attached hydrogens (tertiary/aromatic N) is 2. The van der Waals surface area contributed by atoms with Gasteiger partial charge in [-0.3, -0.25) is 4.79 Å². The van der Waals surface area contributed by atoms with Gasteiger partial charge in [0, 0.05) is 17.7 Å². The molecule has 0 fully saturated rings. The van der Waals surface area contributed by atoms with Crippen LogP contribution in [0.15, 0.2) is 28.8 Å². The molecule has 0 unspecified atom stereocenters. The fourth-order valence-corrected chi connectivity index (χ4v) is 2.78. The lowest BCUT2D eigenvalue weighted by Gasteiger charge is -2.24. The van der Waals surface area contributed by atoms with Gasteiger partial charge in [-0.05, 0) is 44.0 Å². The van der Waals surface area contributed by atoms with Crippen LogP contribution >= 0.6 is 0 Å². The molecule has 0 aliphatic heterocycles. The van der Waals surface area contributed by atoms with E-state index in [2.05, 4.69) is 5.16 Å². The molecule has 0 radical (unpaired) electrons. The van der Waals surface area contributed by atoms with E-state index in [0.29, 0.717) is 11.5 Å². The highest BCUT2D eigenvalue weighted by molar-refractivity contribution is 5.93. The van der Waals surface area contributed by atoms with Gasteiger partial charge in [0.2, 0.25) is 5.91 Å². The molecule has 130 valence electrons. The van der Waals surface area contributed by atoms with E-state index in [4.69, 9.17) is 4.52 Å². The van der Waals surface area contributed by atoms with Crippen molar-refractivity contribution in [3.05, 3.63) is 47.1 Å².